The van der Waals surface area contributed by atoms with Crippen molar-refractivity contribution in [2.45, 2.75) is 18.9 Å². The summed E-state index contributed by atoms with van der Waals surface area (Å²) in [6.07, 6.45) is -0.500. The van der Waals surface area contributed by atoms with Crippen molar-refractivity contribution in [3.8, 4) is 0 Å². The van der Waals surface area contributed by atoms with Gasteiger partial charge in [-0.05, 0) is 12.8 Å². The molecule has 0 radical (unpaired) electrons. The van der Waals surface area contributed by atoms with Crippen LogP contribution >= 0.6 is 0 Å². The SMILES string of the molecule is N[C@@H](CCC(=O)[O-])C(=O)[O-].[IH2+].[IH2+]. The highest BCUT2D eigenvalue weighted by molar-refractivity contribution is 5.72. The molecule has 12 heavy (non-hydrogen) atoms. The van der Waals surface area contributed by atoms with E-state index in [-0.39, 0.29) is 60.8 Å². The van der Waals surface area contributed by atoms with E-state index in [1.807, 2.05) is 0 Å². The van der Waals surface area contributed by atoms with Gasteiger partial charge in [0.2, 0.25) is 48.0 Å². The van der Waals surface area contributed by atoms with Gasteiger partial charge in [-0.2, -0.15) is 0 Å². The second kappa shape index (κ2) is 9.45. The zero-order valence-electron chi connectivity index (χ0n) is 6.10. The van der Waals surface area contributed by atoms with Crippen molar-refractivity contribution in [2.75, 3.05) is 0 Å². The Bertz CT molecular complexity index is 152. The van der Waals surface area contributed by atoms with Crippen LogP contribution in [-0.2, 0) is 9.59 Å². The Balaban J connectivity index is -0.000000405. The lowest BCUT2D eigenvalue weighted by molar-refractivity contribution is -0.309. The topological polar surface area (TPSA) is 106 Å². The Morgan fingerprint density at radius 3 is 1.92 bits per heavy atom. The zero-order valence-corrected chi connectivity index (χ0v) is 11.2. The van der Waals surface area contributed by atoms with Gasteiger partial charge in [0.05, 0.1) is 5.97 Å². The maximum atomic E-state index is 9.86. The Labute approximate surface area is 104 Å². The third-order valence-electron chi connectivity index (χ3n) is 0.962. The minimum absolute atomic E-state index is 0. The third kappa shape index (κ3) is 10.4. The monoisotopic (exact) mass is 403 g/mol. The molecule has 0 saturated heterocycles. The number of carbonyl (C=O) groups is 2. The van der Waals surface area contributed by atoms with Crippen molar-refractivity contribution < 1.29 is 67.8 Å². The number of carboxylic acids is 2. The molecule has 0 aliphatic rings. The molecule has 0 spiro atoms. The van der Waals surface area contributed by atoms with E-state index in [2.05, 4.69) is 0 Å². The van der Waals surface area contributed by atoms with Gasteiger partial charge >= 0.3 is 0 Å². The van der Waals surface area contributed by atoms with Gasteiger partial charge in [0.15, 0.2) is 0 Å². The van der Waals surface area contributed by atoms with Crippen molar-refractivity contribution in [3.63, 3.8) is 0 Å². The van der Waals surface area contributed by atoms with E-state index in [0.717, 1.165) is 0 Å². The van der Waals surface area contributed by atoms with Gasteiger partial charge in [0.1, 0.15) is 0 Å². The van der Waals surface area contributed by atoms with Crippen molar-refractivity contribution in [1.29, 1.82) is 0 Å². The highest BCUT2D eigenvalue weighted by Gasteiger charge is 2.01. The summed E-state index contributed by atoms with van der Waals surface area (Å²) >= 11 is 0. The highest BCUT2D eigenvalue weighted by Crippen LogP contribution is 1.90. The van der Waals surface area contributed by atoms with Crippen LogP contribution in [0.5, 0.6) is 0 Å². The Morgan fingerprint density at radius 1 is 1.25 bits per heavy atom. The average Bonchev–Trinajstić information content (AvgIpc) is 1.82. The predicted octanol–water partition coefficient (Wildman–Crippen LogP) is -10.5. The fourth-order valence-corrected chi connectivity index (χ4v) is 0.391. The summed E-state index contributed by atoms with van der Waals surface area (Å²) in [5, 5.41) is 19.6. The van der Waals surface area contributed by atoms with E-state index in [1.54, 1.807) is 0 Å². The number of hydrogen-bond donors (Lipinski definition) is 1. The van der Waals surface area contributed by atoms with Crippen LogP contribution in [0, 0.1) is 0 Å². The smallest absolute Gasteiger partial charge is 0.235 e. The van der Waals surface area contributed by atoms with E-state index >= 15 is 0 Å². The molecule has 7 heteroatoms. The summed E-state index contributed by atoms with van der Waals surface area (Å²) in [4.78, 5) is 19.6. The molecular weight excluding hydrogens is 392 g/mol. The first kappa shape index (κ1) is 18.2. The van der Waals surface area contributed by atoms with Crippen LogP contribution in [0.2, 0.25) is 0 Å². The molecule has 0 saturated carbocycles. The van der Waals surface area contributed by atoms with Crippen LogP contribution in [0.4, 0.5) is 0 Å². The number of hydrogen-bond acceptors (Lipinski definition) is 5. The third-order valence-corrected chi connectivity index (χ3v) is 0.962. The van der Waals surface area contributed by atoms with Gasteiger partial charge in [0, 0.05) is 12.0 Å². The lowest BCUT2D eigenvalue weighted by Crippen LogP contribution is -3.00. The first-order valence-electron chi connectivity index (χ1n) is 2.70. The lowest BCUT2D eigenvalue weighted by Gasteiger charge is -2.11. The Kier molecular flexibility index (Phi) is 14.3. The predicted molar refractivity (Wildman–Crippen MR) is 32.8 cm³/mol. The van der Waals surface area contributed by atoms with Gasteiger partial charge in [-0.25, -0.2) is 0 Å². The molecule has 74 valence electrons. The number of nitrogens with two attached hydrogens (primary N) is 1. The lowest BCUT2D eigenvalue weighted by atomic mass is 10.2. The first-order chi connectivity index (χ1) is 4.54. The second-order valence-electron chi connectivity index (χ2n) is 1.84. The van der Waals surface area contributed by atoms with Gasteiger partial charge in [0.25, 0.3) is 0 Å². The van der Waals surface area contributed by atoms with E-state index in [4.69, 9.17) is 5.73 Å². The molecule has 0 rings (SSSR count). The van der Waals surface area contributed by atoms with Crippen LogP contribution in [0.3, 0.4) is 0 Å². The fourth-order valence-electron chi connectivity index (χ4n) is 0.391. The van der Waals surface area contributed by atoms with Crippen LogP contribution in [0.25, 0.3) is 0 Å². The summed E-state index contributed by atoms with van der Waals surface area (Å²) < 4.78 is 0. The summed E-state index contributed by atoms with van der Waals surface area (Å²) in [7, 11) is 0. The molecule has 0 fully saturated rings. The molecule has 0 aliphatic heterocycles. The quantitative estimate of drug-likeness (QED) is 0.470. The van der Waals surface area contributed by atoms with E-state index in [9.17, 15) is 19.8 Å². The molecule has 0 bridgehead atoms. The summed E-state index contributed by atoms with van der Waals surface area (Å²) in [5.74, 6) is -2.75. The van der Waals surface area contributed by atoms with Crippen LogP contribution in [0.1, 0.15) is 12.8 Å². The molecule has 0 aromatic rings. The first-order valence-corrected chi connectivity index (χ1v) is 2.70. The van der Waals surface area contributed by atoms with Gasteiger partial charge in [-0.1, -0.05) is 0 Å². The number of halogens is 2. The Morgan fingerprint density at radius 2 is 1.67 bits per heavy atom. The molecule has 0 heterocycles. The normalized spacial score (nSPS) is 10.4. The number of aliphatic carboxylic acids is 2. The standard InChI is InChI=1S/C5H9NO4.2H2I/c6-3(5(9)10)1-2-4(7)8;;/h3H,1-2,6H2,(H,7,8)(H,9,10);2*1H2/q;2*+1/p-2/t3-;;/m0../s1. The van der Waals surface area contributed by atoms with Crippen LogP contribution < -0.4 is 63.9 Å². The molecule has 1 atom stereocenters. The molecule has 0 aromatic heterocycles. The second-order valence-corrected chi connectivity index (χ2v) is 1.84. The average molecular weight is 403 g/mol. The minimum atomic E-state index is -1.44. The van der Waals surface area contributed by atoms with E-state index in [0.29, 0.717) is 0 Å². The van der Waals surface area contributed by atoms with Crippen molar-refractivity contribution in [2.24, 2.45) is 5.73 Å². The Hall–Kier alpha value is 0.360. The molecule has 0 aromatic carbocycles. The molecule has 0 unspecified atom stereocenters. The van der Waals surface area contributed by atoms with Crippen LogP contribution in [-0.4, -0.2) is 18.0 Å². The highest BCUT2D eigenvalue weighted by atomic mass is 127. The number of rotatable bonds is 4. The number of carboxylic acid groups (broad SMARTS) is 2. The van der Waals surface area contributed by atoms with Gasteiger partial charge in [-0.15, -0.1) is 0 Å². The molecule has 0 amide bonds. The maximum absolute atomic E-state index is 9.86. The van der Waals surface area contributed by atoms with Crippen molar-refractivity contribution in [3.05, 3.63) is 0 Å². The van der Waals surface area contributed by atoms with Gasteiger partial charge in [-0.3, -0.25) is 0 Å². The number of carbonyl (C=O) groups excluding carboxylic acids is 2. The minimum Gasteiger partial charge on any atom is -0.550 e. The largest absolute Gasteiger partial charge is 0.550 e. The van der Waals surface area contributed by atoms with E-state index < -0.39 is 18.0 Å². The van der Waals surface area contributed by atoms with Crippen LogP contribution in [0.15, 0.2) is 0 Å². The fraction of sp³-hybridized carbons (Fsp3) is 0.600. The summed E-state index contributed by atoms with van der Waals surface area (Å²) in [5.41, 5.74) is 4.91. The van der Waals surface area contributed by atoms with Gasteiger partial charge < -0.3 is 25.5 Å². The molecule has 0 aliphatic carbocycles. The summed E-state index contributed by atoms with van der Waals surface area (Å²) in [6, 6.07) is -1.21. The molecule has 2 N–H and O–H groups in total. The molecular formula is C5H11I2NO4. The van der Waals surface area contributed by atoms with Crippen molar-refractivity contribution in [1.82, 2.24) is 0 Å². The molecule has 5 nitrogen and oxygen atoms in total. The van der Waals surface area contributed by atoms with E-state index in [1.165, 1.54) is 0 Å². The van der Waals surface area contributed by atoms with Crippen molar-refractivity contribution >= 4 is 11.9 Å². The summed E-state index contributed by atoms with van der Waals surface area (Å²) in [6.45, 7) is 0. The maximum Gasteiger partial charge on any atom is 0.235 e. The zero-order chi connectivity index (χ0) is 8.15.